The number of hydrogen-bond donors (Lipinski definition) is 1. The van der Waals surface area contributed by atoms with E-state index < -0.39 is 4.92 Å². The number of halogens is 3. The summed E-state index contributed by atoms with van der Waals surface area (Å²) in [4.78, 5) is 10.2. The summed E-state index contributed by atoms with van der Waals surface area (Å²) in [5, 5.41) is 15.7. The molecule has 0 amide bonds. The van der Waals surface area contributed by atoms with Crippen molar-refractivity contribution in [3.05, 3.63) is 67.1 Å². The van der Waals surface area contributed by atoms with Crippen molar-refractivity contribution in [1.82, 2.24) is 0 Å². The van der Waals surface area contributed by atoms with Gasteiger partial charge in [0.05, 0.1) is 26.9 Å². The molecule has 0 spiro atoms. The van der Waals surface area contributed by atoms with Crippen LogP contribution in [0.4, 0.5) is 11.4 Å². The quantitative estimate of drug-likeness (QED) is 0.482. The van der Waals surface area contributed by atoms with Crippen molar-refractivity contribution in [3.8, 4) is 0 Å². The zero-order chi connectivity index (χ0) is 15.4. The van der Waals surface area contributed by atoms with Crippen LogP contribution < -0.4 is 5.43 Å². The number of nitro groups is 1. The van der Waals surface area contributed by atoms with E-state index in [1.165, 1.54) is 30.5 Å². The molecule has 0 fully saturated rings. The number of nitro benzene ring substituents is 1. The van der Waals surface area contributed by atoms with Gasteiger partial charge in [-0.3, -0.25) is 15.5 Å². The van der Waals surface area contributed by atoms with Gasteiger partial charge >= 0.3 is 0 Å². The third-order valence-electron chi connectivity index (χ3n) is 2.48. The van der Waals surface area contributed by atoms with E-state index in [0.29, 0.717) is 26.3 Å². The first-order chi connectivity index (χ1) is 9.97. The highest BCUT2D eigenvalue weighted by Gasteiger charge is 2.07. The Hall–Kier alpha value is -1.82. The van der Waals surface area contributed by atoms with E-state index in [1.54, 1.807) is 12.1 Å². The molecule has 2 rings (SSSR count). The van der Waals surface area contributed by atoms with E-state index in [4.69, 9.17) is 34.8 Å². The fourth-order valence-electron chi connectivity index (χ4n) is 1.54. The fourth-order valence-corrected chi connectivity index (χ4v) is 2.44. The van der Waals surface area contributed by atoms with Crippen molar-refractivity contribution in [2.75, 3.05) is 5.43 Å². The van der Waals surface area contributed by atoms with Crippen LogP contribution in [0, 0.1) is 10.1 Å². The molecule has 0 heterocycles. The molecular formula is C13H8Cl3N3O2. The molecule has 0 saturated heterocycles. The van der Waals surface area contributed by atoms with Crippen LogP contribution in [-0.2, 0) is 0 Å². The lowest BCUT2D eigenvalue weighted by atomic mass is 10.2. The highest BCUT2D eigenvalue weighted by atomic mass is 35.5. The first-order valence-electron chi connectivity index (χ1n) is 5.65. The summed E-state index contributed by atoms with van der Waals surface area (Å²) in [5.74, 6) is 0. The largest absolute Gasteiger partial charge is 0.275 e. The van der Waals surface area contributed by atoms with Crippen molar-refractivity contribution < 1.29 is 4.92 Å². The van der Waals surface area contributed by atoms with Gasteiger partial charge < -0.3 is 0 Å². The Balaban J connectivity index is 2.16. The minimum absolute atomic E-state index is 0.0125. The van der Waals surface area contributed by atoms with Crippen molar-refractivity contribution in [2.45, 2.75) is 0 Å². The average molecular weight is 345 g/mol. The van der Waals surface area contributed by atoms with Gasteiger partial charge in [0, 0.05) is 22.7 Å². The number of rotatable bonds is 4. The Morgan fingerprint density at radius 1 is 1.14 bits per heavy atom. The Morgan fingerprint density at radius 2 is 1.81 bits per heavy atom. The third kappa shape index (κ3) is 4.07. The van der Waals surface area contributed by atoms with Gasteiger partial charge in [-0.15, -0.1) is 0 Å². The molecule has 2 aromatic rings. The van der Waals surface area contributed by atoms with Gasteiger partial charge in [-0.05, 0) is 12.1 Å². The van der Waals surface area contributed by atoms with E-state index in [-0.39, 0.29) is 5.69 Å². The lowest BCUT2D eigenvalue weighted by Crippen LogP contribution is -1.94. The standard InChI is InChI=1S/C13H8Cl3N3O2/c14-9-5-11(15)13(12(16)6-9)18-17-7-8-2-1-3-10(4-8)19(20)21/h1-7,18H. The lowest BCUT2D eigenvalue weighted by molar-refractivity contribution is -0.384. The molecule has 108 valence electrons. The van der Waals surface area contributed by atoms with Crippen molar-refractivity contribution >= 4 is 52.4 Å². The molecule has 0 aliphatic rings. The predicted molar refractivity (Wildman–Crippen MR) is 85.8 cm³/mol. The maximum atomic E-state index is 10.7. The van der Waals surface area contributed by atoms with Gasteiger partial charge in [-0.1, -0.05) is 46.9 Å². The monoisotopic (exact) mass is 343 g/mol. The van der Waals surface area contributed by atoms with Crippen LogP contribution >= 0.6 is 34.8 Å². The van der Waals surface area contributed by atoms with Crippen molar-refractivity contribution in [2.24, 2.45) is 5.10 Å². The molecule has 0 aliphatic carbocycles. The molecule has 0 bridgehead atoms. The number of non-ortho nitro benzene ring substituents is 1. The molecule has 0 aliphatic heterocycles. The van der Waals surface area contributed by atoms with E-state index in [2.05, 4.69) is 10.5 Å². The van der Waals surface area contributed by atoms with E-state index >= 15 is 0 Å². The Labute approximate surface area is 135 Å². The molecule has 5 nitrogen and oxygen atoms in total. The molecular weight excluding hydrogens is 337 g/mol. The van der Waals surface area contributed by atoms with E-state index in [0.717, 1.165) is 0 Å². The van der Waals surface area contributed by atoms with Crippen LogP contribution in [0.25, 0.3) is 0 Å². The fraction of sp³-hybridized carbons (Fsp3) is 0. The van der Waals surface area contributed by atoms with Gasteiger partial charge in [-0.25, -0.2) is 0 Å². The molecule has 0 saturated carbocycles. The second-order valence-electron chi connectivity index (χ2n) is 3.97. The number of hydrogen-bond acceptors (Lipinski definition) is 4. The van der Waals surface area contributed by atoms with Crippen LogP contribution in [0.1, 0.15) is 5.56 Å². The zero-order valence-electron chi connectivity index (χ0n) is 10.4. The van der Waals surface area contributed by atoms with Gasteiger partial charge in [0.1, 0.15) is 0 Å². The van der Waals surface area contributed by atoms with Crippen LogP contribution in [-0.4, -0.2) is 11.1 Å². The molecule has 21 heavy (non-hydrogen) atoms. The highest BCUT2D eigenvalue weighted by Crippen LogP contribution is 2.33. The minimum Gasteiger partial charge on any atom is -0.275 e. The van der Waals surface area contributed by atoms with Crippen LogP contribution in [0.2, 0.25) is 15.1 Å². The summed E-state index contributed by atoms with van der Waals surface area (Å²) in [5.41, 5.74) is 3.64. The van der Waals surface area contributed by atoms with Gasteiger partial charge in [-0.2, -0.15) is 5.10 Å². The first-order valence-corrected chi connectivity index (χ1v) is 6.79. The molecule has 1 N–H and O–H groups in total. The summed E-state index contributed by atoms with van der Waals surface area (Å²) in [7, 11) is 0. The maximum absolute atomic E-state index is 10.7. The Bertz CT molecular complexity index is 697. The van der Waals surface area contributed by atoms with Crippen LogP contribution in [0.5, 0.6) is 0 Å². The minimum atomic E-state index is -0.475. The smallest absolute Gasteiger partial charge is 0.270 e. The topological polar surface area (TPSA) is 67.5 Å². The molecule has 0 aromatic heterocycles. The summed E-state index contributed by atoms with van der Waals surface area (Å²) in [6, 6.07) is 9.11. The second kappa shape index (κ2) is 6.76. The summed E-state index contributed by atoms with van der Waals surface area (Å²) in [6.07, 6.45) is 1.42. The number of hydrazone groups is 1. The van der Waals surface area contributed by atoms with Gasteiger partial charge in [0.15, 0.2) is 0 Å². The van der Waals surface area contributed by atoms with Crippen molar-refractivity contribution in [1.29, 1.82) is 0 Å². The summed E-state index contributed by atoms with van der Waals surface area (Å²) < 4.78 is 0. The normalized spacial score (nSPS) is 10.8. The zero-order valence-corrected chi connectivity index (χ0v) is 12.7. The molecule has 0 atom stereocenters. The number of anilines is 1. The predicted octanol–water partition coefficient (Wildman–Crippen LogP) is 5.00. The number of nitrogens with zero attached hydrogens (tertiary/aromatic N) is 2. The second-order valence-corrected chi connectivity index (χ2v) is 5.22. The highest BCUT2D eigenvalue weighted by molar-refractivity contribution is 6.41. The van der Waals surface area contributed by atoms with E-state index in [1.807, 2.05) is 0 Å². The molecule has 0 unspecified atom stereocenters. The summed E-state index contributed by atoms with van der Waals surface area (Å²) in [6.45, 7) is 0. The SMILES string of the molecule is O=[N+]([O-])c1cccc(C=NNc2c(Cl)cc(Cl)cc2Cl)c1. The molecule has 8 heteroatoms. The molecule has 0 radical (unpaired) electrons. The van der Waals surface area contributed by atoms with Crippen LogP contribution in [0.15, 0.2) is 41.5 Å². The lowest BCUT2D eigenvalue weighted by Gasteiger charge is -2.06. The Kier molecular flexibility index (Phi) is 5.01. The van der Waals surface area contributed by atoms with Gasteiger partial charge in [0.2, 0.25) is 0 Å². The summed E-state index contributed by atoms with van der Waals surface area (Å²) >= 11 is 17.8. The van der Waals surface area contributed by atoms with Crippen LogP contribution in [0.3, 0.4) is 0 Å². The Morgan fingerprint density at radius 3 is 2.43 bits per heavy atom. The number of benzene rings is 2. The first kappa shape index (κ1) is 15.6. The van der Waals surface area contributed by atoms with Gasteiger partial charge in [0.25, 0.3) is 5.69 Å². The average Bonchev–Trinajstić information content (AvgIpc) is 2.42. The third-order valence-corrected chi connectivity index (χ3v) is 3.29. The number of nitrogens with one attached hydrogen (secondary N) is 1. The van der Waals surface area contributed by atoms with Crippen molar-refractivity contribution in [3.63, 3.8) is 0 Å². The van der Waals surface area contributed by atoms with E-state index in [9.17, 15) is 10.1 Å². The maximum Gasteiger partial charge on any atom is 0.270 e. The molecule has 2 aromatic carbocycles.